The number of hydrogen-bond acceptors (Lipinski definition) is 7. The molecule has 0 fully saturated rings. The fourth-order valence-corrected chi connectivity index (χ4v) is 3.76. The minimum absolute atomic E-state index is 0.0257. The molecule has 0 aliphatic carbocycles. The summed E-state index contributed by atoms with van der Waals surface area (Å²) < 4.78 is 40.9. The number of hydrogen-bond donors (Lipinski definition) is 1. The van der Waals surface area contributed by atoms with E-state index in [9.17, 15) is 13.2 Å². The number of ether oxygens (including phenoxy) is 3. The number of nitrogens with zero attached hydrogens (tertiary/aromatic N) is 1. The second-order valence-corrected chi connectivity index (χ2v) is 9.11. The number of methoxy groups -OCH3 is 1. The maximum atomic E-state index is 12.0. The Morgan fingerprint density at radius 3 is 2.39 bits per heavy atom. The number of benzene rings is 2. The minimum atomic E-state index is -3.29. The summed E-state index contributed by atoms with van der Waals surface area (Å²) in [6.45, 7) is 3.86. The molecule has 0 aliphatic rings. The molecule has 0 aliphatic heterocycles. The third kappa shape index (κ3) is 5.93. The highest BCUT2D eigenvalue weighted by Gasteiger charge is 2.13. The fourth-order valence-electron chi connectivity index (χ4n) is 2.87. The zero-order chi connectivity index (χ0) is 22.4. The molecule has 9 heteroatoms. The largest absolute Gasteiger partial charge is 0.488 e. The first kappa shape index (κ1) is 22.5. The van der Waals surface area contributed by atoms with E-state index >= 15 is 0 Å². The van der Waals surface area contributed by atoms with E-state index in [4.69, 9.17) is 14.2 Å². The van der Waals surface area contributed by atoms with Crippen molar-refractivity contribution in [3.63, 3.8) is 0 Å². The second-order valence-electron chi connectivity index (χ2n) is 6.84. The summed E-state index contributed by atoms with van der Waals surface area (Å²) in [5, 5.41) is 0. The summed E-state index contributed by atoms with van der Waals surface area (Å²) in [6.07, 6.45) is 1.21. The van der Waals surface area contributed by atoms with Crippen molar-refractivity contribution in [2.24, 2.45) is 0 Å². The van der Waals surface area contributed by atoms with E-state index in [1.54, 1.807) is 44.4 Å². The highest BCUT2D eigenvalue weighted by molar-refractivity contribution is 7.91. The molecule has 164 valence electrons. The van der Waals surface area contributed by atoms with Crippen molar-refractivity contribution in [2.75, 3.05) is 19.5 Å². The Morgan fingerprint density at radius 2 is 1.74 bits per heavy atom. The van der Waals surface area contributed by atoms with Crippen molar-refractivity contribution >= 4 is 9.84 Å². The Balaban J connectivity index is 1.94. The van der Waals surface area contributed by atoms with Gasteiger partial charge in [0.05, 0.1) is 17.3 Å². The normalized spacial score (nSPS) is 12.4. The van der Waals surface area contributed by atoms with E-state index < -0.39 is 9.84 Å². The molecule has 3 aromatic rings. The lowest BCUT2D eigenvalue weighted by molar-refractivity contribution is 0.0920. The highest BCUT2D eigenvalue weighted by atomic mass is 32.2. The number of H-pyrrole nitrogens is 1. The molecule has 0 bridgehead atoms. The summed E-state index contributed by atoms with van der Waals surface area (Å²) in [4.78, 5) is 18.8. The summed E-state index contributed by atoms with van der Waals surface area (Å²) in [7, 11) is -1.70. The van der Waals surface area contributed by atoms with Crippen molar-refractivity contribution in [1.29, 1.82) is 0 Å². The predicted octanol–water partition coefficient (Wildman–Crippen LogP) is 3.44. The van der Waals surface area contributed by atoms with E-state index in [1.165, 1.54) is 24.4 Å². The van der Waals surface area contributed by atoms with Crippen LogP contribution in [-0.2, 0) is 14.6 Å². The second kappa shape index (κ2) is 9.76. The molecule has 3 rings (SSSR count). The molecule has 1 aromatic heterocycles. The van der Waals surface area contributed by atoms with Crippen LogP contribution in [0.1, 0.15) is 13.8 Å². The molecule has 1 N–H and O–H groups in total. The van der Waals surface area contributed by atoms with Gasteiger partial charge in [0.1, 0.15) is 29.2 Å². The molecule has 0 saturated heterocycles. The first-order valence-electron chi connectivity index (χ1n) is 9.68. The van der Waals surface area contributed by atoms with Crippen molar-refractivity contribution in [1.82, 2.24) is 9.97 Å². The smallest absolute Gasteiger partial charge is 0.251 e. The topological polar surface area (TPSA) is 108 Å². The van der Waals surface area contributed by atoms with Crippen LogP contribution in [0.5, 0.6) is 17.2 Å². The molecule has 0 amide bonds. The van der Waals surface area contributed by atoms with Crippen molar-refractivity contribution in [2.45, 2.75) is 24.8 Å². The molecule has 1 heterocycles. The third-order valence-corrected chi connectivity index (χ3v) is 6.11. The van der Waals surface area contributed by atoms with E-state index in [2.05, 4.69) is 9.97 Å². The van der Waals surface area contributed by atoms with E-state index in [-0.39, 0.29) is 22.3 Å². The van der Waals surface area contributed by atoms with Crippen LogP contribution in [0.25, 0.3) is 11.4 Å². The first-order chi connectivity index (χ1) is 14.8. The van der Waals surface area contributed by atoms with Crippen LogP contribution in [0, 0.1) is 0 Å². The highest BCUT2D eigenvalue weighted by Crippen LogP contribution is 2.32. The van der Waals surface area contributed by atoms with Crippen molar-refractivity contribution in [3.05, 3.63) is 65.1 Å². The molecule has 0 spiro atoms. The Morgan fingerprint density at radius 1 is 1.03 bits per heavy atom. The minimum Gasteiger partial charge on any atom is -0.488 e. The van der Waals surface area contributed by atoms with Gasteiger partial charge in [-0.3, -0.25) is 4.79 Å². The van der Waals surface area contributed by atoms with Crippen LogP contribution in [-0.4, -0.2) is 44.0 Å². The standard InChI is InChI=1S/C22H24N2O6S/c1-4-31(26,27)20-7-5-17(6-8-20)30-19-12-16(22-23-10-9-21(25)24-22)11-18(13-19)29-15(2)14-28-3/h5-13,15H,4,14H2,1-3H3,(H,23,24,25). The zero-order valence-corrected chi connectivity index (χ0v) is 18.3. The maximum absolute atomic E-state index is 12.0. The fraction of sp³-hybridized carbons (Fsp3) is 0.273. The van der Waals surface area contributed by atoms with Crippen LogP contribution >= 0.6 is 0 Å². The molecular formula is C22H24N2O6S. The lowest BCUT2D eigenvalue weighted by Gasteiger charge is -2.16. The SMILES string of the molecule is CCS(=O)(=O)c1ccc(Oc2cc(OC(C)COC)cc(-c3nccc(=O)[nH]3)c2)cc1. The summed E-state index contributed by atoms with van der Waals surface area (Å²) >= 11 is 0. The van der Waals surface area contributed by atoms with Crippen LogP contribution in [0.2, 0.25) is 0 Å². The number of rotatable bonds is 9. The summed E-state index contributed by atoms with van der Waals surface area (Å²) in [5.74, 6) is 1.80. The van der Waals surface area contributed by atoms with Crippen LogP contribution in [0.4, 0.5) is 0 Å². The Kier molecular flexibility index (Phi) is 7.09. The Labute approximate surface area is 180 Å². The van der Waals surface area contributed by atoms with Gasteiger partial charge >= 0.3 is 0 Å². The van der Waals surface area contributed by atoms with Gasteiger partial charge in [-0.05, 0) is 43.3 Å². The van der Waals surface area contributed by atoms with Crippen LogP contribution < -0.4 is 15.0 Å². The molecule has 8 nitrogen and oxygen atoms in total. The van der Waals surface area contributed by atoms with Crippen LogP contribution in [0.3, 0.4) is 0 Å². The van der Waals surface area contributed by atoms with Gasteiger partial charge in [-0.1, -0.05) is 6.92 Å². The summed E-state index contributed by atoms with van der Waals surface area (Å²) in [5.41, 5.74) is 0.319. The molecule has 1 unspecified atom stereocenters. The Bertz CT molecular complexity index is 1190. The molecule has 1 atom stereocenters. The van der Waals surface area contributed by atoms with Gasteiger partial charge in [0.2, 0.25) is 0 Å². The van der Waals surface area contributed by atoms with Gasteiger partial charge in [0.15, 0.2) is 9.84 Å². The monoisotopic (exact) mass is 444 g/mol. The predicted molar refractivity (Wildman–Crippen MR) is 117 cm³/mol. The average Bonchev–Trinajstić information content (AvgIpc) is 2.74. The maximum Gasteiger partial charge on any atom is 0.251 e. The summed E-state index contributed by atoms with van der Waals surface area (Å²) in [6, 6.07) is 12.7. The van der Waals surface area contributed by atoms with E-state index in [0.717, 1.165) is 0 Å². The number of sulfone groups is 1. The van der Waals surface area contributed by atoms with Gasteiger partial charge in [-0.25, -0.2) is 13.4 Å². The van der Waals surface area contributed by atoms with Gasteiger partial charge < -0.3 is 19.2 Å². The Hall–Kier alpha value is -3.17. The molecule has 31 heavy (non-hydrogen) atoms. The lowest BCUT2D eigenvalue weighted by atomic mass is 10.2. The zero-order valence-electron chi connectivity index (χ0n) is 17.5. The van der Waals surface area contributed by atoms with Gasteiger partial charge in [-0.2, -0.15) is 0 Å². The van der Waals surface area contributed by atoms with Gasteiger partial charge in [0.25, 0.3) is 5.56 Å². The van der Waals surface area contributed by atoms with E-state index in [0.29, 0.717) is 35.2 Å². The number of aromatic amines is 1. The molecule has 2 aromatic carbocycles. The lowest BCUT2D eigenvalue weighted by Crippen LogP contribution is -2.18. The van der Waals surface area contributed by atoms with Crippen molar-refractivity contribution in [3.8, 4) is 28.6 Å². The number of nitrogens with one attached hydrogen (secondary N) is 1. The van der Waals surface area contributed by atoms with Crippen LogP contribution in [0.15, 0.2) is 64.4 Å². The quantitative estimate of drug-likeness (QED) is 0.539. The van der Waals surface area contributed by atoms with Gasteiger partial charge in [0, 0.05) is 31.0 Å². The molecule has 0 radical (unpaired) electrons. The van der Waals surface area contributed by atoms with Crippen molar-refractivity contribution < 1.29 is 22.6 Å². The molecule has 0 saturated carbocycles. The van der Waals surface area contributed by atoms with E-state index in [1.807, 2.05) is 6.92 Å². The first-order valence-corrected chi connectivity index (χ1v) is 11.3. The third-order valence-electron chi connectivity index (χ3n) is 4.36. The van der Waals surface area contributed by atoms with Gasteiger partial charge in [-0.15, -0.1) is 0 Å². The average molecular weight is 445 g/mol. The number of aromatic nitrogens is 2. The molecular weight excluding hydrogens is 420 g/mol.